The SMILES string of the molecule is Cc1nc(-c2ccccc2Cl)sc1CNC1CCCC1. The molecule has 2 nitrogen and oxygen atoms in total. The van der Waals surface area contributed by atoms with Crippen molar-refractivity contribution in [2.45, 2.75) is 45.2 Å². The highest BCUT2D eigenvalue weighted by molar-refractivity contribution is 7.15. The van der Waals surface area contributed by atoms with E-state index in [1.54, 1.807) is 11.3 Å². The van der Waals surface area contributed by atoms with Gasteiger partial charge in [0.2, 0.25) is 0 Å². The Bertz CT molecular complexity index is 588. The van der Waals surface area contributed by atoms with Crippen molar-refractivity contribution >= 4 is 22.9 Å². The van der Waals surface area contributed by atoms with Crippen LogP contribution in [0, 0.1) is 6.92 Å². The smallest absolute Gasteiger partial charge is 0.125 e. The number of halogens is 1. The molecular weight excluding hydrogens is 288 g/mol. The van der Waals surface area contributed by atoms with Crippen molar-refractivity contribution in [3.8, 4) is 10.6 Å². The molecule has 20 heavy (non-hydrogen) atoms. The summed E-state index contributed by atoms with van der Waals surface area (Å²) in [5, 5.41) is 5.45. The molecular formula is C16H19ClN2S. The largest absolute Gasteiger partial charge is 0.309 e. The summed E-state index contributed by atoms with van der Waals surface area (Å²) in [6.07, 6.45) is 5.36. The first-order valence-corrected chi connectivity index (χ1v) is 8.38. The Balaban J connectivity index is 1.75. The highest BCUT2D eigenvalue weighted by Crippen LogP contribution is 2.32. The molecule has 0 amide bonds. The van der Waals surface area contributed by atoms with E-state index in [-0.39, 0.29) is 0 Å². The molecule has 1 aromatic carbocycles. The van der Waals surface area contributed by atoms with Gasteiger partial charge < -0.3 is 5.32 Å². The van der Waals surface area contributed by atoms with E-state index in [1.807, 2.05) is 24.3 Å². The Morgan fingerprint density at radius 2 is 2.05 bits per heavy atom. The average molecular weight is 307 g/mol. The van der Waals surface area contributed by atoms with E-state index in [4.69, 9.17) is 11.6 Å². The third kappa shape index (κ3) is 3.05. The minimum atomic E-state index is 0.695. The number of nitrogens with one attached hydrogen (secondary N) is 1. The third-order valence-electron chi connectivity index (χ3n) is 3.90. The van der Waals surface area contributed by atoms with E-state index >= 15 is 0 Å². The molecule has 1 saturated carbocycles. The van der Waals surface area contributed by atoms with Crippen LogP contribution < -0.4 is 5.32 Å². The Labute approximate surface area is 129 Å². The van der Waals surface area contributed by atoms with Gasteiger partial charge in [-0.3, -0.25) is 0 Å². The van der Waals surface area contributed by atoms with Crippen molar-refractivity contribution in [3.05, 3.63) is 39.9 Å². The molecule has 1 N–H and O–H groups in total. The Morgan fingerprint density at radius 3 is 2.80 bits per heavy atom. The highest BCUT2D eigenvalue weighted by Gasteiger charge is 2.16. The van der Waals surface area contributed by atoms with Crippen LogP contribution in [0.1, 0.15) is 36.3 Å². The number of aromatic nitrogens is 1. The highest BCUT2D eigenvalue weighted by atomic mass is 35.5. The van der Waals surface area contributed by atoms with Gasteiger partial charge in [-0.05, 0) is 25.8 Å². The fourth-order valence-electron chi connectivity index (χ4n) is 2.71. The van der Waals surface area contributed by atoms with Crippen LogP contribution in [0.5, 0.6) is 0 Å². The van der Waals surface area contributed by atoms with Crippen LogP contribution in [0.4, 0.5) is 0 Å². The summed E-state index contributed by atoms with van der Waals surface area (Å²) in [7, 11) is 0. The lowest BCUT2D eigenvalue weighted by Gasteiger charge is -2.10. The molecule has 0 bridgehead atoms. The van der Waals surface area contributed by atoms with Crippen molar-refractivity contribution < 1.29 is 0 Å². The van der Waals surface area contributed by atoms with E-state index in [9.17, 15) is 0 Å². The van der Waals surface area contributed by atoms with E-state index < -0.39 is 0 Å². The van der Waals surface area contributed by atoms with Gasteiger partial charge in [0.15, 0.2) is 0 Å². The third-order valence-corrected chi connectivity index (χ3v) is 5.42. The number of hydrogen-bond donors (Lipinski definition) is 1. The normalized spacial score (nSPS) is 15.9. The second-order valence-corrected chi connectivity index (χ2v) is 6.86. The molecule has 1 heterocycles. The topological polar surface area (TPSA) is 24.9 Å². The Hall–Kier alpha value is -0.900. The van der Waals surface area contributed by atoms with Crippen LogP contribution >= 0.6 is 22.9 Å². The maximum atomic E-state index is 6.25. The van der Waals surface area contributed by atoms with Crippen molar-refractivity contribution in [1.29, 1.82) is 0 Å². The van der Waals surface area contributed by atoms with Crippen LogP contribution in [-0.2, 0) is 6.54 Å². The quantitative estimate of drug-likeness (QED) is 0.877. The van der Waals surface area contributed by atoms with E-state index in [0.29, 0.717) is 6.04 Å². The first-order valence-electron chi connectivity index (χ1n) is 7.18. The van der Waals surface area contributed by atoms with Gasteiger partial charge in [-0.15, -0.1) is 11.3 Å². The minimum Gasteiger partial charge on any atom is -0.309 e. The van der Waals surface area contributed by atoms with Gasteiger partial charge in [0.25, 0.3) is 0 Å². The Morgan fingerprint density at radius 1 is 1.30 bits per heavy atom. The fraction of sp³-hybridized carbons (Fsp3) is 0.438. The maximum absolute atomic E-state index is 6.25. The number of rotatable bonds is 4. The molecule has 106 valence electrons. The van der Waals surface area contributed by atoms with Gasteiger partial charge in [0.1, 0.15) is 5.01 Å². The van der Waals surface area contributed by atoms with Gasteiger partial charge in [-0.25, -0.2) is 4.98 Å². The second kappa shape index (κ2) is 6.25. The fourth-order valence-corrected chi connectivity index (χ4v) is 4.04. The molecule has 3 rings (SSSR count). The number of aryl methyl sites for hydroxylation is 1. The van der Waals surface area contributed by atoms with Crippen LogP contribution in [-0.4, -0.2) is 11.0 Å². The Kier molecular flexibility index (Phi) is 4.39. The lowest BCUT2D eigenvalue weighted by molar-refractivity contribution is 0.526. The predicted octanol–water partition coefficient (Wildman–Crippen LogP) is 4.80. The van der Waals surface area contributed by atoms with Crippen molar-refractivity contribution in [2.75, 3.05) is 0 Å². The lowest BCUT2D eigenvalue weighted by Crippen LogP contribution is -2.25. The van der Waals surface area contributed by atoms with E-state index in [1.165, 1.54) is 30.6 Å². The number of thiazole rings is 1. The summed E-state index contributed by atoms with van der Waals surface area (Å²) >= 11 is 8.00. The van der Waals surface area contributed by atoms with Gasteiger partial charge in [-0.2, -0.15) is 0 Å². The molecule has 0 aliphatic heterocycles. The molecule has 0 spiro atoms. The molecule has 2 aromatic rings. The number of benzene rings is 1. The van der Waals surface area contributed by atoms with Crippen molar-refractivity contribution in [1.82, 2.24) is 10.3 Å². The summed E-state index contributed by atoms with van der Waals surface area (Å²) in [4.78, 5) is 6.01. The van der Waals surface area contributed by atoms with Gasteiger partial charge in [-0.1, -0.05) is 42.6 Å². The second-order valence-electron chi connectivity index (χ2n) is 5.37. The standard InChI is InChI=1S/C16H19ClN2S/c1-11-15(10-18-12-6-2-3-7-12)20-16(19-11)13-8-4-5-9-14(13)17/h4-5,8-9,12,18H,2-3,6-7,10H2,1H3. The van der Waals surface area contributed by atoms with Crippen LogP contribution in [0.3, 0.4) is 0 Å². The molecule has 0 radical (unpaired) electrons. The average Bonchev–Trinajstić information content (AvgIpc) is 3.07. The first kappa shape index (κ1) is 14.1. The molecule has 4 heteroatoms. The van der Waals surface area contributed by atoms with Crippen molar-refractivity contribution in [3.63, 3.8) is 0 Å². The van der Waals surface area contributed by atoms with Gasteiger partial charge in [0, 0.05) is 23.0 Å². The van der Waals surface area contributed by atoms with Crippen molar-refractivity contribution in [2.24, 2.45) is 0 Å². The first-order chi connectivity index (χ1) is 9.74. The molecule has 1 aromatic heterocycles. The van der Waals surface area contributed by atoms with Crippen LogP contribution in [0.15, 0.2) is 24.3 Å². The zero-order chi connectivity index (χ0) is 13.9. The summed E-state index contributed by atoms with van der Waals surface area (Å²) in [6, 6.07) is 8.61. The molecule has 0 unspecified atom stereocenters. The molecule has 1 fully saturated rings. The van der Waals surface area contributed by atoms with Gasteiger partial charge in [0.05, 0.1) is 10.7 Å². The summed E-state index contributed by atoms with van der Waals surface area (Å²) in [6.45, 7) is 3.02. The number of hydrogen-bond acceptors (Lipinski definition) is 3. The molecule has 1 aliphatic carbocycles. The summed E-state index contributed by atoms with van der Waals surface area (Å²) < 4.78 is 0. The molecule has 0 atom stereocenters. The van der Waals surface area contributed by atoms with Gasteiger partial charge >= 0.3 is 0 Å². The van der Waals surface area contributed by atoms with E-state index in [0.717, 1.165) is 27.8 Å². The minimum absolute atomic E-state index is 0.695. The predicted molar refractivity (Wildman–Crippen MR) is 86.4 cm³/mol. The maximum Gasteiger partial charge on any atom is 0.125 e. The lowest BCUT2D eigenvalue weighted by atomic mass is 10.2. The van der Waals surface area contributed by atoms with E-state index in [2.05, 4.69) is 17.2 Å². The molecule has 0 saturated heterocycles. The number of nitrogens with zero attached hydrogens (tertiary/aromatic N) is 1. The zero-order valence-corrected chi connectivity index (χ0v) is 13.2. The summed E-state index contributed by atoms with van der Waals surface area (Å²) in [5.74, 6) is 0. The summed E-state index contributed by atoms with van der Waals surface area (Å²) in [5.41, 5.74) is 2.16. The van der Waals surface area contributed by atoms with Crippen LogP contribution in [0.25, 0.3) is 10.6 Å². The monoisotopic (exact) mass is 306 g/mol. The van der Waals surface area contributed by atoms with Crippen LogP contribution in [0.2, 0.25) is 5.02 Å². The molecule has 1 aliphatic rings. The zero-order valence-electron chi connectivity index (χ0n) is 11.7.